The molecule has 254 valence electrons. The average molecular weight is 650 g/mol. The van der Waals surface area contributed by atoms with Crippen molar-refractivity contribution in [1.82, 2.24) is 5.32 Å². The number of amides is 1. The number of carbonyl (C=O) groups excluding carboxylic acids is 1. The number of rotatable bonds is 17. The Morgan fingerprint density at radius 3 is 1.81 bits per heavy atom. The summed E-state index contributed by atoms with van der Waals surface area (Å²) in [6.45, 7) is 1.56. The molecule has 10 heteroatoms. The third-order valence-corrected chi connectivity index (χ3v) is 8.25. The van der Waals surface area contributed by atoms with Crippen LogP contribution in [0.4, 0.5) is 0 Å². The number of ether oxygens (including phenoxy) is 8. The van der Waals surface area contributed by atoms with Gasteiger partial charge in [0.2, 0.25) is 5.91 Å². The summed E-state index contributed by atoms with van der Waals surface area (Å²) in [5.41, 5.74) is 3.09. The lowest BCUT2D eigenvalue weighted by Crippen LogP contribution is -2.61. The minimum Gasteiger partial charge on any atom is -0.369 e. The molecule has 47 heavy (non-hydrogen) atoms. The summed E-state index contributed by atoms with van der Waals surface area (Å²) in [5.74, 6) is -0.174. The second-order valence-electron chi connectivity index (χ2n) is 11.7. The Kier molecular flexibility index (Phi) is 14.2. The molecule has 2 fully saturated rings. The predicted octanol–water partition coefficient (Wildman–Crippen LogP) is 4.79. The summed E-state index contributed by atoms with van der Waals surface area (Å²) in [6, 6.07) is 30.0. The van der Waals surface area contributed by atoms with Gasteiger partial charge in [0.05, 0.1) is 39.1 Å². The van der Waals surface area contributed by atoms with E-state index in [0.29, 0.717) is 26.4 Å². The van der Waals surface area contributed by atoms with Gasteiger partial charge in [-0.1, -0.05) is 91.0 Å². The van der Waals surface area contributed by atoms with Gasteiger partial charge in [-0.25, -0.2) is 0 Å². The van der Waals surface area contributed by atoms with Crippen molar-refractivity contribution in [2.45, 2.75) is 82.2 Å². The molecule has 0 radical (unpaired) electrons. The number of benzene rings is 3. The summed E-state index contributed by atoms with van der Waals surface area (Å²) < 4.78 is 50.3. The van der Waals surface area contributed by atoms with E-state index in [1.807, 2.05) is 91.0 Å². The van der Waals surface area contributed by atoms with Gasteiger partial charge in [-0.15, -0.1) is 0 Å². The van der Waals surface area contributed by atoms with Crippen LogP contribution in [0.2, 0.25) is 0 Å². The maximum absolute atomic E-state index is 11.6. The van der Waals surface area contributed by atoms with Crippen LogP contribution in [-0.2, 0) is 62.5 Å². The van der Waals surface area contributed by atoms with Crippen LogP contribution in [0.25, 0.3) is 0 Å². The molecule has 10 nitrogen and oxygen atoms in total. The largest absolute Gasteiger partial charge is 0.369 e. The SMILES string of the molecule is CNC(=O)COCC1CCCC(OCC2O[C@H](OC)C(OCc3ccccc3)C(OCc3ccccc3)[C@@H]2OCc2ccccc2)O1. The fourth-order valence-electron chi connectivity index (χ4n) is 5.74. The van der Waals surface area contributed by atoms with Gasteiger partial charge in [0.1, 0.15) is 31.0 Å². The van der Waals surface area contributed by atoms with Crippen molar-refractivity contribution in [3.8, 4) is 0 Å². The van der Waals surface area contributed by atoms with Crippen molar-refractivity contribution in [3.63, 3.8) is 0 Å². The Morgan fingerprint density at radius 2 is 1.26 bits per heavy atom. The lowest BCUT2D eigenvalue weighted by Gasteiger charge is -2.46. The second kappa shape index (κ2) is 19.0. The second-order valence-corrected chi connectivity index (χ2v) is 11.7. The number of likely N-dealkylation sites (N-methyl/N-ethyl adjacent to an activating group) is 1. The lowest BCUT2D eigenvalue weighted by atomic mass is 9.97. The molecule has 3 aromatic rings. The number of nitrogens with one attached hydrogen (secondary N) is 1. The number of hydrogen-bond acceptors (Lipinski definition) is 9. The molecule has 1 N–H and O–H groups in total. The smallest absolute Gasteiger partial charge is 0.245 e. The molecule has 3 aromatic carbocycles. The zero-order chi connectivity index (χ0) is 32.7. The molecule has 5 unspecified atom stereocenters. The summed E-state index contributed by atoms with van der Waals surface area (Å²) in [6.07, 6.45) is -1.11. The first-order valence-corrected chi connectivity index (χ1v) is 16.3. The van der Waals surface area contributed by atoms with Gasteiger partial charge in [-0.3, -0.25) is 4.79 Å². The Balaban J connectivity index is 1.32. The topological polar surface area (TPSA) is 103 Å². The molecule has 2 heterocycles. The molecule has 0 saturated carbocycles. The van der Waals surface area contributed by atoms with E-state index in [0.717, 1.165) is 36.0 Å². The van der Waals surface area contributed by atoms with E-state index in [1.165, 1.54) is 0 Å². The maximum Gasteiger partial charge on any atom is 0.245 e. The van der Waals surface area contributed by atoms with E-state index < -0.39 is 37.0 Å². The molecule has 0 aromatic heterocycles. The van der Waals surface area contributed by atoms with Gasteiger partial charge in [-0.2, -0.15) is 0 Å². The fraction of sp³-hybridized carbons (Fsp3) is 0.486. The molecule has 2 aliphatic heterocycles. The lowest BCUT2D eigenvalue weighted by molar-refractivity contribution is -0.329. The van der Waals surface area contributed by atoms with Crippen molar-refractivity contribution in [1.29, 1.82) is 0 Å². The Labute approximate surface area is 277 Å². The minimum atomic E-state index is -0.734. The van der Waals surface area contributed by atoms with E-state index in [2.05, 4.69) is 5.32 Å². The molecular weight excluding hydrogens is 602 g/mol. The molecule has 7 atom stereocenters. The summed E-state index contributed by atoms with van der Waals surface area (Å²) in [4.78, 5) is 11.6. The molecule has 0 bridgehead atoms. The molecule has 0 spiro atoms. The summed E-state index contributed by atoms with van der Waals surface area (Å²) in [5, 5.41) is 2.56. The van der Waals surface area contributed by atoms with Crippen LogP contribution >= 0.6 is 0 Å². The fourth-order valence-corrected chi connectivity index (χ4v) is 5.74. The summed E-state index contributed by atoms with van der Waals surface area (Å²) in [7, 11) is 3.19. The first-order valence-electron chi connectivity index (χ1n) is 16.3. The van der Waals surface area contributed by atoms with Crippen LogP contribution in [0, 0.1) is 0 Å². The molecule has 2 saturated heterocycles. The van der Waals surface area contributed by atoms with Crippen LogP contribution in [0.3, 0.4) is 0 Å². The highest BCUT2D eigenvalue weighted by Gasteiger charge is 2.49. The summed E-state index contributed by atoms with van der Waals surface area (Å²) >= 11 is 0. The number of methoxy groups -OCH3 is 1. The first-order chi connectivity index (χ1) is 23.1. The Bertz CT molecular complexity index is 1300. The predicted molar refractivity (Wildman–Crippen MR) is 174 cm³/mol. The first kappa shape index (κ1) is 35.1. The van der Waals surface area contributed by atoms with E-state index in [1.54, 1.807) is 14.2 Å². The zero-order valence-electron chi connectivity index (χ0n) is 27.2. The average Bonchev–Trinajstić information content (AvgIpc) is 3.13. The highest BCUT2D eigenvalue weighted by Crippen LogP contribution is 2.32. The third kappa shape index (κ3) is 10.9. The molecule has 1 amide bonds. The van der Waals surface area contributed by atoms with Crippen molar-refractivity contribution in [2.24, 2.45) is 0 Å². The molecule has 0 aliphatic carbocycles. The highest BCUT2D eigenvalue weighted by atomic mass is 16.7. The van der Waals surface area contributed by atoms with Crippen LogP contribution in [-0.4, -0.2) is 83.0 Å². The molecule has 2 aliphatic rings. The normalized spacial score (nSPS) is 26.1. The quantitative estimate of drug-likeness (QED) is 0.221. The van der Waals surface area contributed by atoms with Crippen molar-refractivity contribution < 1.29 is 42.7 Å². The van der Waals surface area contributed by atoms with Crippen molar-refractivity contribution >= 4 is 5.91 Å². The van der Waals surface area contributed by atoms with E-state index >= 15 is 0 Å². The van der Waals surface area contributed by atoms with E-state index in [4.69, 9.17) is 37.9 Å². The standard InChI is InChI=1S/C37H47NO9/c1-38-32(39)26-41-24-30-19-12-20-33(46-30)42-25-31-34(43-21-27-13-6-3-7-14-27)35(44-22-28-15-8-4-9-16-28)36(37(40-2)47-31)45-23-29-17-10-5-11-18-29/h3-11,13-18,30-31,33-37H,12,19-26H2,1-2H3,(H,38,39)/t30?,31?,33?,34-,35?,36?,37+/m1/s1. The van der Waals surface area contributed by atoms with Crippen LogP contribution in [0.1, 0.15) is 36.0 Å². The van der Waals surface area contributed by atoms with Crippen LogP contribution in [0.15, 0.2) is 91.0 Å². The van der Waals surface area contributed by atoms with Gasteiger partial charge in [0.25, 0.3) is 0 Å². The molecule has 5 rings (SSSR count). The van der Waals surface area contributed by atoms with Crippen LogP contribution in [0.5, 0.6) is 0 Å². The van der Waals surface area contributed by atoms with Gasteiger partial charge in [0, 0.05) is 14.2 Å². The zero-order valence-corrected chi connectivity index (χ0v) is 27.2. The Hall–Kier alpha value is -3.19. The van der Waals surface area contributed by atoms with Gasteiger partial charge < -0.3 is 43.2 Å². The van der Waals surface area contributed by atoms with Gasteiger partial charge in [-0.05, 0) is 36.0 Å². The highest BCUT2D eigenvalue weighted by molar-refractivity contribution is 5.76. The van der Waals surface area contributed by atoms with Crippen LogP contribution < -0.4 is 5.32 Å². The van der Waals surface area contributed by atoms with E-state index in [-0.39, 0.29) is 25.2 Å². The molecular formula is C37H47NO9. The van der Waals surface area contributed by atoms with Crippen molar-refractivity contribution in [2.75, 3.05) is 34.0 Å². The van der Waals surface area contributed by atoms with Crippen molar-refractivity contribution in [3.05, 3.63) is 108 Å². The van der Waals surface area contributed by atoms with Gasteiger partial charge in [0.15, 0.2) is 12.6 Å². The maximum atomic E-state index is 11.6. The van der Waals surface area contributed by atoms with Gasteiger partial charge >= 0.3 is 0 Å². The Morgan fingerprint density at radius 1 is 0.702 bits per heavy atom. The monoisotopic (exact) mass is 649 g/mol. The third-order valence-electron chi connectivity index (χ3n) is 8.25. The number of carbonyl (C=O) groups is 1. The number of hydrogen-bond donors (Lipinski definition) is 1. The van der Waals surface area contributed by atoms with E-state index in [9.17, 15) is 4.79 Å². The minimum absolute atomic E-state index is 0.00544.